The Hall–Kier alpha value is -1.28. The van der Waals surface area contributed by atoms with Crippen molar-refractivity contribution < 1.29 is 14.3 Å². The number of benzene rings is 1. The molecule has 0 heterocycles. The number of ether oxygens (including phenoxy) is 2. The van der Waals surface area contributed by atoms with E-state index in [-0.39, 0.29) is 11.7 Å². The van der Waals surface area contributed by atoms with Crippen molar-refractivity contribution >= 4 is 46.4 Å². The highest BCUT2D eigenvalue weighted by Crippen LogP contribution is 2.27. The molecule has 116 valence electrons. The first-order valence-electron chi connectivity index (χ1n) is 5.92. The molecule has 0 saturated heterocycles. The topological polar surface area (TPSA) is 71.6 Å². The maximum Gasteiger partial charge on any atom is 0.276 e. The van der Waals surface area contributed by atoms with Gasteiger partial charge < -0.3 is 14.8 Å². The van der Waals surface area contributed by atoms with E-state index in [0.717, 1.165) is 0 Å². The molecule has 1 amide bonds. The number of hydrogen-bond donors (Lipinski definition) is 3. The van der Waals surface area contributed by atoms with Crippen LogP contribution in [0.25, 0.3) is 0 Å². The Morgan fingerprint density at radius 1 is 1.33 bits per heavy atom. The first kappa shape index (κ1) is 17.8. The Labute approximate surface area is 138 Å². The number of hydrazine groups is 1. The SMILES string of the molecule is COCCNC(=S)NNC(=O)COc1ccc(Cl)cc1Cl. The van der Waals surface area contributed by atoms with E-state index in [4.69, 9.17) is 44.9 Å². The van der Waals surface area contributed by atoms with Gasteiger partial charge in [-0.15, -0.1) is 0 Å². The molecule has 0 bridgehead atoms. The van der Waals surface area contributed by atoms with Crippen molar-refractivity contribution in [3.8, 4) is 5.75 Å². The smallest absolute Gasteiger partial charge is 0.276 e. The zero-order valence-corrected chi connectivity index (χ0v) is 13.6. The van der Waals surface area contributed by atoms with Crippen molar-refractivity contribution in [2.75, 3.05) is 26.9 Å². The number of thiocarbonyl (C=S) groups is 1. The Bertz CT molecular complexity index is 503. The summed E-state index contributed by atoms with van der Waals surface area (Å²) in [7, 11) is 1.58. The number of rotatable bonds is 6. The minimum absolute atomic E-state index is 0.213. The second-order valence-corrected chi connectivity index (χ2v) is 5.04. The van der Waals surface area contributed by atoms with Crippen LogP contribution in [0.1, 0.15) is 0 Å². The van der Waals surface area contributed by atoms with Crippen molar-refractivity contribution in [2.45, 2.75) is 0 Å². The van der Waals surface area contributed by atoms with Crippen LogP contribution in [-0.2, 0) is 9.53 Å². The van der Waals surface area contributed by atoms with Gasteiger partial charge in [-0.3, -0.25) is 15.6 Å². The molecule has 1 aromatic carbocycles. The van der Waals surface area contributed by atoms with Gasteiger partial charge in [0.25, 0.3) is 5.91 Å². The molecule has 0 aliphatic heterocycles. The number of amides is 1. The minimum atomic E-state index is -0.406. The molecule has 0 aliphatic carbocycles. The highest BCUT2D eigenvalue weighted by atomic mass is 35.5. The van der Waals surface area contributed by atoms with E-state index >= 15 is 0 Å². The van der Waals surface area contributed by atoms with E-state index in [1.54, 1.807) is 19.2 Å². The molecule has 9 heteroatoms. The molecule has 0 spiro atoms. The predicted molar refractivity (Wildman–Crippen MR) is 85.7 cm³/mol. The molecule has 0 saturated carbocycles. The van der Waals surface area contributed by atoms with Gasteiger partial charge in [-0.05, 0) is 30.4 Å². The molecule has 1 rings (SSSR count). The summed E-state index contributed by atoms with van der Waals surface area (Å²) in [5.74, 6) is -0.0334. The van der Waals surface area contributed by atoms with Gasteiger partial charge in [-0.25, -0.2) is 0 Å². The lowest BCUT2D eigenvalue weighted by Crippen LogP contribution is -2.48. The van der Waals surface area contributed by atoms with Crippen LogP contribution in [0.5, 0.6) is 5.75 Å². The van der Waals surface area contributed by atoms with Crippen molar-refractivity contribution in [2.24, 2.45) is 0 Å². The van der Waals surface area contributed by atoms with Crippen LogP contribution >= 0.6 is 35.4 Å². The van der Waals surface area contributed by atoms with Crippen molar-refractivity contribution in [1.29, 1.82) is 0 Å². The normalized spacial score (nSPS) is 9.86. The van der Waals surface area contributed by atoms with Gasteiger partial charge in [0.1, 0.15) is 5.75 Å². The lowest BCUT2D eigenvalue weighted by atomic mass is 10.3. The Morgan fingerprint density at radius 3 is 2.76 bits per heavy atom. The largest absolute Gasteiger partial charge is 0.482 e. The fourth-order valence-corrected chi connectivity index (χ4v) is 1.83. The average Bonchev–Trinajstić information content (AvgIpc) is 2.44. The summed E-state index contributed by atoms with van der Waals surface area (Å²) < 4.78 is 10.1. The molecule has 6 nitrogen and oxygen atoms in total. The van der Waals surface area contributed by atoms with Gasteiger partial charge in [0.15, 0.2) is 11.7 Å². The third-order valence-electron chi connectivity index (χ3n) is 2.16. The van der Waals surface area contributed by atoms with E-state index < -0.39 is 5.91 Å². The summed E-state index contributed by atoms with van der Waals surface area (Å²) in [5.41, 5.74) is 4.92. The number of carbonyl (C=O) groups excluding carboxylic acids is 1. The van der Waals surface area contributed by atoms with Crippen LogP contribution in [0, 0.1) is 0 Å². The molecule has 3 N–H and O–H groups in total. The van der Waals surface area contributed by atoms with Gasteiger partial charge >= 0.3 is 0 Å². The van der Waals surface area contributed by atoms with Crippen molar-refractivity contribution in [3.63, 3.8) is 0 Å². The number of nitrogens with one attached hydrogen (secondary N) is 3. The molecule has 0 radical (unpaired) electrons. The van der Waals surface area contributed by atoms with Gasteiger partial charge in [0.2, 0.25) is 0 Å². The summed E-state index contributed by atoms with van der Waals surface area (Å²) in [6.45, 7) is 0.831. The quantitative estimate of drug-likeness (QED) is 0.410. The van der Waals surface area contributed by atoms with E-state index in [2.05, 4.69) is 16.2 Å². The summed E-state index contributed by atoms with van der Waals surface area (Å²) in [6, 6.07) is 4.74. The van der Waals surface area contributed by atoms with Gasteiger partial charge in [0.05, 0.1) is 11.6 Å². The molecule has 0 aliphatic rings. The van der Waals surface area contributed by atoms with Crippen molar-refractivity contribution in [1.82, 2.24) is 16.2 Å². The third kappa shape index (κ3) is 7.33. The summed E-state index contributed by atoms with van der Waals surface area (Å²) in [5, 5.41) is 3.94. The number of halogens is 2. The molecular weight excluding hydrogens is 337 g/mol. The summed E-state index contributed by atoms with van der Waals surface area (Å²) in [4.78, 5) is 11.5. The number of hydrogen-bond acceptors (Lipinski definition) is 4. The van der Waals surface area contributed by atoms with E-state index in [1.165, 1.54) is 6.07 Å². The fourth-order valence-electron chi connectivity index (χ4n) is 1.21. The predicted octanol–water partition coefficient (Wildman–Crippen LogP) is 1.51. The molecule has 0 fully saturated rings. The lowest BCUT2D eigenvalue weighted by Gasteiger charge is -2.12. The molecule has 0 aromatic heterocycles. The van der Waals surface area contributed by atoms with Crippen molar-refractivity contribution in [3.05, 3.63) is 28.2 Å². The fraction of sp³-hybridized carbons (Fsp3) is 0.333. The van der Waals surface area contributed by atoms with E-state index in [0.29, 0.717) is 28.9 Å². The zero-order valence-electron chi connectivity index (χ0n) is 11.2. The Kier molecular flexibility index (Phi) is 8.14. The second kappa shape index (κ2) is 9.62. The lowest BCUT2D eigenvalue weighted by molar-refractivity contribution is -0.123. The molecule has 1 aromatic rings. The van der Waals surface area contributed by atoms with Gasteiger partial charge in [-0.1, -0.05) is 23.2 Å². The van der Waals surface area contributed by atoms with Crippen LogP contribution in [0.15, 0.2) is 18.2 Å². The Morgan fingerprint density at radius 2 is 2.10 bits per heavy atom. The van der Waals surface area contributed by atoms with Gasteiger partial charge in [-0.2, -0.15) is 0 Å². The number of carbonyl (C=O) groups is 1. The monoisotopic (exact) mass is 351 g/mol. The Balaban J connectivity index is 2.26. The standard InChI is InChI=1S/C12H15Cl2N3O3S/c1-19-5-4-15-12(21)17-16-11(18)7-20-10-3-2-8(13)6-9(10)14/h2-3,6H,4-5,7H2,1H3,(H,16,18)(H2,15,17,21). The van der Waals surface area contributed by atoms with E-state index in [9.17, 15) is 4.79 Å². The van der Waals surface area contributed by atoms with Gasteiger partial charge in [0, 0.05) is 18.7 Å². The first-order valence-corrected chi connectivity index (χ1v) is 7.09. The van der Waals surface area contributed by atoms with Crippen LogP contribution < -0.4 is 20.9 Å². The number of methoxy groups -OCH3 is 1. The van der Waals surface area contributed by atoms with Crippen LogP contribution in [0.3, 0.4) is 0 Å². The second-order valence-electron chi connectivity index (χ2n) is 3.79. The zero-order chi connectivity index (χ0) is 15.7. The minimum Gasteiger partial charge on any atom is -0.482 e. The molecule has 0 unspecified atom stereocenters. The molecule has 21 heavy (non-hydrogen) atoms. The summed E-state index contributed by atoms with van der Waals surface area (Å²) >= 11 is 16.6. The highest BCUT2D eigenvalue weighted by Gasteiger charge is 2.06. The molecular formula is C12H15Cl2N3O3S. The van der Waals surface area contributed by atoms with E-state index in [1.807, 2.05) is 0 Å². The highest BCUT2D eigenvalue weighted by molar-refractivity contribution is 7.80. The maximum absolute atomic E-state index is 11.5. The average molecular weight is 352 g/mol. The maximum atomic E-state index is 11.5. The van der Waals surface area contributed by atoms with Crippen LogP contribution in [-0.4, -0.2) is 37.9 Å². The third-order valence-corrected chi connectivity index (χ3v) is 2.94. The summed E-state index contributed by atoms with van der Waals surface area (Å²) in [6.07, 6.45) is 0. The molecule has 0 atom stereocenters. The van der Waals surface area contributed by atoms with Crippen LogP contribution in [0.4, 0.5) is 0 Å². The first-order chi connectivity index (χ1) is 10.0. The van der Waals surface area contributed by atoms with Crippen LogP contribution in [0.2, 0.25) is 10.0 Å².